The van der Waals surface area contributed by atoms with Gasteiger partial charge in [0.15, 0.2) is 0 Å². The Morgan fingerprint density at radius 2 is 2.07 bits per heavy atom. The molecule has 0 radical (unpaired) electrons. The van der Waals surface area contributed by atoms with E-state index in [0.717, 1.165) is 25.9 Å². The molecule has 86 valence electrons. The van der Waals surface area contributed by atoms with Crippen LogP contribution in [-0.4, -0.2) is 11.5 Å². The molecule has 1 aromatic heterocycles. The summed E-state index contributed by atoms with van der Waals surface area (Å²) in [4.78, 5) is 6.13. The van der Waals surface area contributed by atoms with Crippen molar-refractivity contribution in [3.8, 4) is 0 Å². The van der Waals surface area contributed by atoms with Gasteiger partial charge in [0.1, 0.15) is 0 Å². The van der Waals surface area contributed by atoms with Crippen LogP contribution in [0.5, 0.6) is 0 Å². The van der Waals surface area contributed by atoms with Gasteiger partial charge in [-0.25, -0.2) is 4.98 Å². The van der Waals surface area contributed by atoms with Gasteiger partial charge in [0.05, 0.1) is 10.7 Å². The molecule has 0 unspecified atom stereocenters. The molecule has 1 heterocycles. The van der Waals surface area contributed by atoms with Crippen LogP contribution in [0.4, 0.5) is 0 Å². The second-order valence-electron chi connectivity index (χ2n) is 4.21. The zero-order valence-corrected chi connectivity index (χ0v) is 11.1. The van der Waals surface area contributed by atoms with Crippen LogP contribution in [0.1, 0.15) is 43.3 Å². The van der Waals surface area contributed by atoms with Crippen molar-refractivity contribution in [3.63, 3.8) is 0 Å². The lowest BCUT2D eigenvalue weighted by molar-refractivity contribution is 0.626. The van der Waals surface area contributed by atoms with Crippen molar-refractivity contribution in [2.24, 2.45) is 5.92 Å². The Bertz CT molecular complexity index is 292. The average molecular weight is 226 g/mol. The zero-order chi connectivity index (χ0) is 11.3. The van der Waals surface area contributed by atoms with Crippen LogP contribution >= 0.6 is 11.3 Å². The normalized spacial score (nSPS) is 11.3. The van der Waals surface area contributed by atoms with E-state index >= 15 is 0 Å². The van der Waals surface area contributed by atoms with Crippen molar-refractivity contribution in [3.05, 3.63) is 15.6 Å². The summed E-state index contributed by atoms with van der Waals surface area (Å²) in [7, 11) is 0. The minimum atomic E-state index is 0.692. The van der Waals surface area contributed by atoms with Gasteiger partial charge in [-0.3, -0.25) is 0 Å². The van der Waals surface area contributed by atoms with Crippen LogP contribution < -0.4 is 5.32 Å². The Hall–Kier alpha value is -0.410. The second kappa shape index (κ2) is 6.23. The first-order chi connectivity index (χ1) is 7.17. The lowest BCUT2D eigenvalue weighted by atomic mass is 10.1. The first-order valence-electron chi connectivity index (χ1n) is 5.85. The SMILES string of the molecule is CCNCc1sc(CC)nc1CC(C)C. The van der Waals surface area contributed by atoms with Crippen molar-refractivity contribution >= 4 is 11.3 Å². The number of aryl methyl sites for hydroxylation is 1. The molecular formula is C12H22N2S. The van der Waals surface area contributed by atoms with Crippen molar-refractivity contribution in [2.75, 3.05) is 6.54 Å². The Labute approximate surface area is 97.1 Å². The molecule has 0 saturated carbocycles. The van der Waals surface area contributed by atoms with E-state index in [9.17, 15) is 0 Å². The second-order valence-corrected chi connectivity index (χ2v) is 5.38. The fraction of sp³-hybridized carbons (Fsp3) is 0.750. The predicted octanol–water partition coefficient (Wildman–Crippen LogP) is 3.01. The summed E-state index contributed by atoms with van der Waals surface area (Å²) < 4.78 is 0. The van der Waals surface area contributed by atoms with E-state index in [4.69, 9.17) is 4.98 Å². The van der Waals surface area contributed by atoms with Crippen molar-refractivity contribution in [1.82, 2.24) is 10.3 Å². The average Bonchev–Trinajstić information content (AvgIpc) is 2.56. The Morgan fingerprint density at radius 1 is 1.33 bits per heavy atom. The molecule has 0 aliphatic rings. The molecule has 2 nitrogen and oxygen atoms in total. The number of hydrogen-bond acceptors (Lipinski definition) is 3. The van der Waals surface area contributed by atoms with Gasteiger partial charge in [-0.1, -0.05) is 27.7 Å². The number of hydrogen-bond donors (Lipinski definition) is 1. The molecular weight excluding hydrogens is 204 g/mol. The number of thiazole rings is 1. The monoisotopic (exact) mass is 226 g/mol. The topological polar surface area (TPSA) is 24.9 Å². The molecule has 1 N–H and O–H groups in total. The standard InChI is InChI=1S/C12H22N2S/c1-5-12-14-10(7-9(3)4)11(15-12)8-13-6-2/h9,13H,5-8H2,1-4H3. The summed E-state index contributed by atoms with van der Waals surface area (Å²) in [6, 6.07) is 0. The third-order valence-corrected chi connectivity index (χ3v) is 3.50. The van der Waals surface area contributed by atoms with E-state index in [1.807, 2.05) is 11.3 Å². The summed E-state index contributed by atoms with van der Waals surface area (Å²) >= 11 is 1.87. The van der Waals surface area contributed by atoms with E-state index in [-0.39, 0.29) is 0 Å². The highest BCUT2D eigenvalue weighted by molar-refractivity contribution is 7.11. The van der Waals surface area contributed by atoms with Gasteiger partial charge in [0.25, 0.3) is 0 Å². The molecule has 0 amide bonds. The molecule has 0 atom stereocenters. The van der Waals surface area contributed by atoms with Crippen LogP contribution in [-0.2, 0) is 19.4 Å². The van der Waals surface area contributed by atoms with E-state index < -0.39 is 0 Å². The first-order valence-corrected chi connectivity index (χ1v) is 6.67. The fourth-order valence-electron chi connectivity index (χ4n) is 1.51. The van der Waals surface area contributed by atoms with E-state index in [1.165, 1.54) is 15.6 Å². The van der Waals surface area contributed by atoms with Gasteiger partial charge in [0.2, 0.25) is 0 Å². The van der Waals surface area contributed by atoms with Gasteiger partial charge in [-0.2, -0.15) is 0 Å². The van der Waals surface area contributed by atoms with Crippen LogP contribution in [0.25, 0.3) is 0 Å². The maximum absolute atomic E-state index is 4.70. The van der Waals surface area contributed by atoms with Gasteiger partial charge in [-0.15, -0.1) is 11.3 Å². The molecule has 0 aliphatic carbocycles. The molecule has 0 spiro atoms. The summed E-state index contributed by atoms with van der Waals surface area (Å²) in [5.41, 5.74) is 1.31. The van der Waals surface area contributed by atoms with Crippen molar-refractivity contribution < 1.29 is 0 Å². The summed E-state index contributed by atoms with van der Waals surface area (Å²) in [5, 5.41) is 4.66. The predicted molar refractivity (Wildman–Crippen MR) is 67.4 cm³/mol. The molecule has 0 aliphatic heterocycles. The minimum absolute atomic E-state index is 0.692. The van der Waals surface area contributed by atoms with E-state index in [0.29, 0.717) is 5.92 Å². The largest absolute Gasteiger partial charge is 0.312 e. The number of nitrogens with one attached hydrogen (secondary N) is 1. The van der Waals surface area contributed by atoms with Gasteiger partial charge >= 0.3 is 0 Å². The van der Waals surface area contributed by atoms with Crippen LogP contribution in [0.3, 0.4) is 0 Å². The Morgan fingerprint density at radius 3 is 2.60 bits per heavy atom. The lowest BCUT2D eigenvalue weighted by Crippen LogP contribution is -2.12. The number of nitrogens with zero attached hydrogens (tertiary/aromatic N) is 1. The third kappa shape index (κ3) is 3.92. The molecule has 3 heteroatoms. The van der Waals surface area contributed by atoms with Gasteiger partial charge < -0.3 is 5.32 Å². The van der Waals surface area contributed by atoms with Crippen LogP contribution in [0, 0.1) is 5.92 Å². The van der Waals surface area contributed by atoms with E-state index in [2.05, 4.69) is 33.0 Å². The summed E-state index contributed by atoms with van der Waals surface area (Å²) in [5.74, 6) is 0.692. The van der Waals surface area contributed by atoms with Crippen molar-refractivity contribution in [2.45, 2.75) is 47.1 Å². The zero-order valence-electron chi connectivity index (χ0n) is 10.3. The first kappa shape index (κ1) is 12.7. The molecule has 15 heavy (non-hydrogen) atoms. The van der Waals surface area contributed by atoms with Crippen molar-refractivity contribution in [1.29, 1.82) is 0 Å². The molecule has 0 aromatic carbocycles. The Kier molecular flexibility index (Phi) is 5.26. The van der Waals surface area contributed by atoms with Crippen LogP contribution in [0.2, 0.25) is 0 Å². The quantitative estimate of drug-likeness (QED) is 0.806. The molecule has 0 saturated heterocycles. The molecule has 1 aromatic rings. The highest BCUT2D eigenvalue weighted by Gasteiger charge is 2.10. The van der Waals surface area contributed by atoms with Crippen LogP contribution in [0.15, 0.2) is 0 Å². The lowest BCUT2D eigenvalue weighted by Gasteiger charge is -2.04. The maximum Gasteiger partial charge on any atom is 0.0928 e. The molecule has 1 rings (SSSR count). The van der Waals surface area contributed by atoms with Gasteiger partial charge in [0, 0.05) is 11.4 Å². The summed E-state index contributed by atoms with van der Waals surface area (Å²) in [6.07, 6.45) is 2.17. The maximum atomic E-state index is 4.70. The highest BCUT2D eigenvalue weighted by atomic mass is 32.1. The fourth-order valence-corrected chi connectivity index (χ4v) is 2.52. The molecule has 0 fully saturated rings. The number of rotatable bonds is 6. The smallest absolute Gasteiger partial charge is 0.0928 e. The van der Waals surface area contributed by atoms with E-state index in [1.54, 1.807) is 0 Å². The Balaban J connectivity index is 2.75. The summed E-state index contributed by atoms with van der Waals surface area (Å²) in [6.45, 7) is 10.8. The number of aromatic nitrogens is 1. The van der Waals surface area contributed by atoms with Gasteiger partial charge in [-0.05, 0) is 25.3 Å². The minimum Gasteiger partial charge on any atom is -0.312 e. The third-order valence-electron chi connectivity index (χ3n) is 2.26. The highest BCUT2D eigenvalue weighted by Crippen LogP contribution is 2.21. The molecule has 0 bridgehead atoms.